The van der Waals surface area contributed by atoms with Crippen molar-refractivity contribution in [3.63, 3.8) is 0 Å². The SMILES string of the molecule is CC(C)(C)c1cccc(-c2cc(-c3cc4c5c(c3)Oc3cc(C(C)(C)c6ccccc6)ccc3B5c3ccc(C(C)(C)c5ccccc5)cc3O4)cc(-c3c4ccccc4c(-c4ccccc4)c4ccccc34)c2)c1. The van der Waals surface area contributed by atoms with Gasteiger partial charge in [0.05, 0.1) is 0 Å². The van der Waals surface area contributed by atoms with Gasteiger partial charge in [-0.2, -0.15) is 0 Å². The summed E-state index contributed by atoms with van der Waals surface area (Å²) in [6.45, 7) is 16.0. The van der Waals surface area contributed by atoms with Crippen LogP contribution >= 0.6 is 0 Å². The fourth-order valence-electron chi connectivity index (χ4n) is 12.1. The van der Waals surface area contributed by atoms with Crippen LogP contribution in [0.5, 0.6) is 23.0 Å². The van der Waals surface area contributed by atoms with Gasteiger partial charge in [-0.1, -0.05) is 237 Å². The number of rotatable bonds is 8. The van der Waals surface area contributed by atoms with Gasteiger partial charge >= 0.3 is 0 Å². The Morgan fingerprint density at radius 1 is 0.280 bits per heavy atom. The van der Waals surface area contributed by atoms with E-state index >= 15 is 0 Å². The van der Waals surface area contributed by atoms with Crippen molar-refractivity contribution in [1.82, 2.24) is 0 Å². The summed E-state index contributed by atoms with van der Waals surface area (Å²) in [5.41, 5.74) is 18.3. The van der Waals surface area contributed by atoms with Gasteiger partial charge in [0, 0.05) is 16.3 Å². The standard InChI is InChI=1S/C72H59BO2/c1-70(2,3)54-29-21-24-47(41-54)48-38-49(40-51(39-48)68-59-32-19-17-30-57(59)67(46-22-11-8-12-23-46)58-31-18-20-33-60(58)68)50-42-65-69-66(43-50)75-64-45-56(72(6,7)53-27-15-10-16-28-53)35-37-62(64)73(69)61-36-34-55(44-63(61)74-65)71(4,5)52-25-13-9-14-26-52/h8-45H,1-7H3. The first kappa shape index (κ1) is 46.4. The van der Waals surface area contributed by atoms with Crippen LogP contribution in [0.1, 0.15) is 76.3 Å². The predicted octanol–water partition coefficient (Wildman–Crippen LogP) is 17.3. The molecule has 0 saturated carbocycles. The Balaban J connectivity index is 1.05. The van der Waals surface area contributed by atoms with E-state index in [1.54, 1.807) is 0 Å². The van der Waals surface area contributed by atoms with Crippen molar-refractivity contribution in [2.45, 2.75) is 64.7 Å². The Morgan fingerprint density at radius 2 is 0.667 bits per heavy atom. The van der Waals surface area contributed by atoms with Crippen molar-refractivity contribution >= 4 is 44.6 Å². The molecule has 0 N–H and O–H groups in total. The molecule has 3 heteroatoms. The van der Waals surface area contributed by atoms with Crippen LogP contribution in [0.15, 0.2) is 231 Å². The highest BCUT2D eigenvalue weighted by Crippen LogP contribution is 2.47. The maximum Gasteiger partial charge on any atom is 0.260 e. The van der Waals surface area contributed by atoms with Crippen molar-refractivity contribution in [3.05, 3.63) is 258 Å². The lowest BCUT2D eigenvalue weighted by Crippen LogP contribution is -2.57. The zero-order chi connectivity index (χ0) is 51.2. The second kappa shape index (κ2) is 17.6. The van der Waals surface area contributed by atoms with E-state index in [1.807, 2.05) is 0 Å². The van der Waals surface area contributed by atoms with E-state index in [-0.39, 0.29) is 23.0 Å². The molecule has 0 saturated heterocycles. The predicted molar refractivity (Wildman–Crippen MR) is 317 cm³/mol. The Bertz CT molecular complexity index is 3850. The van der Waals surface area contributed by atoms with Crippen LogP contribution < -0.4 is 25.9 Å². The molecule has 0 radical (unpaired) electrons. The monoisotopic (exact) mass is 966 g/mol. The van der Waals surface area contributed by atoms with Crippen LogP contribution in [0.3, 0.4) is 0 Å². The average Bonchev–Trinajstić information content (AvgIpc) is 3.45. The highest BCUT2D eigenvalue weighted by molar-refractivity contribution is 6.98. The Morgan fingerprint density at radius 3 is 1.15 bits per heavy atom. The van der Waals surface area contributed by atoms with Crippen LogP contribution in [0, 0.1) is 0 Å². The molecule has 11 aromatic rings. The van der Waals surface area contributed by atoms with Gasteiger partial charge < -0.3 is 9.47 Å². The molecule has 2 aliphatic heterocycles. The average molecular weight is 967 g/mol. The first-order valence-electron chi connectivity index (χ1n) is 26.5. The Hall–Kier alpha value is -8.40. The normalized spacial score (nSPS) is 12.9. The molecule has 0 atom stereocenters. The third kappa shape index (κ3) is 7.87. The van der Waals surface area contributed by atoms with Crippen LogP contribution in [-0.4, -0.2) is 6.71 Å². The largest absolute Gasteiger partial charge is 0.458 e. The van der Waals surface area contributed by atoms with E-state index in [0.29, 0.717) is 0 Å². The molecule has 362 valence electrons. The van der Waals surface area contributed by atoms with Crippen LogP contribution in [0.4, 0.5) is 0 Å². The van der Waals surface area contributed by atoms with Crippen molar-refractivity contribution in [2.75, 3.05) is 0 Å². The molecule has 0 fully saturated rings. The number of hydrogen-bond acceptors (Lipinski definition) is 2. The van der Waals surface area contributed by atoms with Gasteiger partial charge in [0.25, 0.3) is 6.71 Å². The van der Waals surface area contributed by atoms with Gasteiger partial charge in [0.15, 0.2) is 0 Å². The highest BCUT2D eigenvalue weighted by Gasteiger charge is 2.42. The van der Waals surface area contributed by atoms with Crippen molar-refractivity contribution < 1.29 is 9.47 Å². The lowest BCUT2D eigenvalue weighted by Gasteiger charge is -2.35. The Labute approximate surface area is 442 Å². The lowest BCUT2D eigenvalue weighted by molar-refractivity contribution is 0.462. The van der Waals surface area contributed by atoms with E-state index in [0.717, 1.165) is 61.6 Å². The summed E-state index contributed by atoms with van der Waals surface area (Å²) in [5, 5.41) is 4.89. The van der Waals surface area contributed by atoms with Crippen LogP contribution in [0.2, 0.25) is 0 Å². The fraction of sp³-hybridized carbons (Fsp3) is 0.139. The van der Waals surface area contributed by atoms with E-state index in [9.17, 15) is 0 Å². The molecule has 0 bridgehead atoms. The van der Waals surface area contributed by atoms with Crippen LogP contribution in [0.25, 0.3) is 66.1 Å². The zero-order valence-electron chi connectivity index (χ0n) is 43.8. The number of hydrogen-bond donors (Lipinski definition) is 0. The molecule has 0 amide bonds. The molecule has 2 heterocycles. The summed E-state index contributed by atoms with van der Waals surface area (Å²) in [6.07, 6.45) is 0. The van der Waals surface area contributed by atoms with Gasteiger partial charge in [-0.05, 0) is 153 Å². The lowest BCUT2D eigenvalue weighted by atomic mass is 9.34. The van der Waals surface area contributed by atoms with Crippen LogP contribution in [-0.2, 0) is 16.2 Å². The van der Waals surface area contributed by atoms with E-state index < -0.39 is 0 Å². The number of fused-ring (bicyclic) bond motifs is 6. The third-order valence-corrected chi connectivity index (χ3v) is 16.5. The number of ether oxygens (including phenoxy) is 2. The summed E-state index contributed by atoms with van der Waals surface area (Å²) in [7, 11) is 0. The van der Waals surface area contributed by atoms with Gasteiger partial charge in [-0.3, -0.25) is 0 Å². The van der Waals surface area contributed by atoms with Gasteiger partial charge in [0.1, 0.15) is 23.0 Å². The third-order valence-electron chi connectivity index (χ3n) is 16.5. The molecule has 0 aliphatic carbocycles. The number of benzene rings is 11. The first-order chi connectivity index (χ1) is 36.3. The second-order valence-corrected chi connectivity index (χ2v) is 22.8. The Kier molecular flexibility index (Phi) is 10.9. The van der Waals surface area contributed by atoms with Gasteiger partial charge in [-0.25, -0.2) is 0 Å². The quantitative estimate of drug-likeness (QED) is 0.112. The van der Waals surface area contributed by atoms with E-state index in [2.05, 4.69) is 279 Å². The van der Waals surface area contributed by atoms with Gasteiger partial charge in [-0.15, -0.1) is 0 Å². The molecule has 0 spiro atoms. The zero-order valence-corrected chi connectivity index (χ0v) is 43.8. The minimum absolute atomic E-state index is 0.0264. The molecule has 0 aromatic heterocycles. The summed E-state index contributed by atoms with van der Waals surface area (Å²) in [5.74, 6) is 3.39. The van der Waals surface area contributed by atoms with Crippen molar-refractivity contribution in [2.24, 2.45) is 0 Å². The topological polar surface area (TPSA) is 18.5 Å². The first-order valence-corrected chi connectivity index (χ1v) is 26.5. The molecular formula is C72H59BO2. The molecule has 75 heavy (non-hydrogen) atoms. The van der Waals surface area contributed by atoms with E-state index in [1.165, 1.54) is 71.6 Å². The second-order valence-electron chi connectivity index (χ2n) is 22.8. The minimum Gasteiger partial charge on any atom is -0.458 e. The molecule has 2 aliphatic rings. The summed E-state index contributed by atoms with van der Waals surface area (Å²) < 4.78 is 14.6. The molecule has 0 unspecified atom stereocenters. The fourth-order valence-corrected chi connectivity index (χ4v) is 12.1. The maximum absolute atomic E-state index is 7.28. The minimum atomic E-state index is -0.257. The maximum atomic E-state index is 7.28. The highest BCUT2D eigenvalue weighted by atomic mass is 16.5. The molecule has 13 rings (SSSR count). The molecule has 11 aromatic carbocycles. The van der Waals surface area contributed by atoms with Crippen molar-refractivity contribution in [3.8, 4) is 67.5 Å². The summed E-state index contributed by atoms with van der Waals surface area (Å²) in [6, 6.07) is 84.9. The molecular weight excluding hydrogens is 908 g/mol. The van der Waals surface area contributed by atoms with Crippen molar-refractivity contribution in [1.29, 1.82) is 0 Å². The molecule has 2 nitrogen and oxygen atoms in total. The summed E-state index contributed by atoms with van der Waals surface area (Å²) >= 11 is 0. The van der Waals surface area contributed by atoms with E-state index in [4.69, 9.17) is 9.47 Å². The van der Waals surface area contributed by atoms with Gasteiger partial charge in [0.2, 0.25) is 0 Å². The summed E-state index contributed by atoms with van der Waals surface area (Å²) in [4.78, 5) is 0. The smallest absolute Gasteiger partial charge is 0.260 e.